The molecule has 0 aromatic heterocycles. The van der Waals surface area contributed by atoms with Gasteiger partial charge >= 0.3 is 5.97 Å². The summed E-state index contributed by atoms with van der Waals surface area (Å²) in [5.41, 5.74) is 6.12. The third kappa shape index (κ3) is 5.35. The first-order valence-electron chi connectivity index (χ1n) is 7.48. The lowest BCUT2D eigenvalue weighted by Crippen LogP contribution is -2.45. The number of benzene rings is 1. The maximum absolute atomic E-state index is 12.2. The Morgan fingerprint density at radius 2 is 1.84 bits per heavy atom. The first-order chi connectivity index (χ1) is 11.7. The molecule has 4 N–H and O–H groups in total. The monoisotopic (exact) mass is 344 g/mol. The third-order valence-electron chi connectivity index (χ3n) is 3.35. The van der Waals surface area contributed by atoms with Crippen LogP contribution in [0.4, 0.5) is 11.4 Å². The van der Waals surface area contributed by atoms with Crippen LogP contribution in [0, 0.1) is 17.2 Å². The van der Waals surface area contributed by atoms with E-state index in [1.54, 1.807) is 44.2 Å². The zero-order valence-corrected chi connectivity index (χ0v) is 14.2. The standard InChI is InChI=1S/C17H20N4O4/c1-10(2)15(17(24)25)20-16(23)12(8-18)9-21(11(3)22)14-6-4-13(19)5-7-14/h4-7,9-10,15H,19H2,1-3H3,(H,20,23)(H,24,25)/b12-9-. The zero-order valence-electron chi connectivity index (χ0n) is 14.2. The summed E-state index contributed by atoms with van der Waals surface area (Å²) in [6.07, 6.45) is 1.07. The normalized spacial score (nSPS) is 12.2. The number of anilines is 2. The number of aliphatic carboxylic acids is 1. The summed E-state index contributed by atoms with van der Waals surface area (Å²) in [7, 11) is 0. The van der Waals surface area contributed by atoms with Crippen molar-refractivity contribution in [3.8, 4) is 6.07 Å². The fraction of sp³-hybridized carbons (Fsp3) is 0.294. The van der Waals surface area contributed by atoms with Gasteiger partial charge in [-0.25, -0.2) is 4.79 Å². The van der Waals surface area contributed by atoms with E-state index in [1.807, 2.05) is 0 Å². The molecule has 0 bridgehead atoms. The van der Waals surface area contributed by atoms with E-state index >= 15 is 0 Å². The van der Waals surface area contributed by atoms with E-state index in [4.69, 9.17) is 10.8 Å². The van der Waals surface area contributed by atoms with Gasteiger partial charge in [0.2, 0.25) is 5.91 Å². The van der Waals surface area contributed by atoms with Crippen LogP contribution in [0.15, 0.2) is 36.0 Å². The number of rotatable bonds is 6. The van der Waals surface area contributed by atoms with Crippen molar-refractivity contribution in [3.63, 3.8) is 0 Å². The Kier molecular flexibility index (Phi) is 6.70. The molecule has 0 aliphatic carbocycles. The number of hydrogen-bond acceptors (Lipinski definition) is 5. The second-order valence-corrected chi connectivity index (χ2v) is 5.67. The van der Waals surface area contributed by atoms with Crippen molar-refractivity contribution < 1.29 is 19.5 Å². The van der Waals surface area contributed by atoms with Gasteiger partial charge in [0.05, 0.1) is 0 Å². The first-order valence-corrected chi connectivity index (χ1v) is 7.48. The van der Waals surface area contributed by atoms with Crippen molar-refractivity contribution >= 4 is 29.2 Å². The summed E-state index contributed by atoms with van der Waals surface area (Å²) < 4.78 is 0. The van der Waals surface area contributed by atoms with Crippen molar-refractivity contribution in [1.82, 2.24) is 5.32 Å². The largest absolute Gasteiger partial charge is 0.480 e. The highest BCUT2D eigenvalue weighted by molar-refractivity contribution is 6.02. The zero-order chi connectivity index (χ0) is 19.1. The second kappa shape index (κ2) is 8.49. The number of nitrogens with two attached hydrogens (primary N) is 1. The van der Waals surface area contributed by atoms with Gasteiger partial charge in [-0.1, -0.05) is 13.8 Å². The molecule has 0 aliphatic rings. The maximum atomic E-state index is 12.2. The van der Waals surface area contributed by atoms with E-state index < -0.39 is 23.8 Å². The van der Waals surface area contributed by atoms with Crippen LogP contribution in [-0.2, 0) is 14.4 Å². The number of carbonyl (C=O) groups excluding carboxylic acids is 2. The SMILES string of the molecule is CC(=O)N(/C=C(/C#N)C(=O)NC(C(=O)O)C(C)C)c1ccc(N)cc1. The lowest BCUT2D eigenvalue weighted by atomic mass is 10.0. The summed E-state index contributed by atoms with van der Waals surface area (Å²) in [4.78, 5) is 36.4. The van der Waals surface area contributed by atoms with Crippen LogP contribution in [0.25, 0.3) is 0 Å². The minimum absolute atomic E-state index is 0.373. The predicted molar refractivity (Wildman–Crippen MR) is 92.1 cm³/mol. The van der Waals surface area contributed by atoms with Gasteiger partial charge < -0.3 is 16.2 Å². The quantitative estimate of drug-likeness (QED) is 0.403. The van der Waals surface area contributed by atoms with Gasteiger partial charge in [0, 0.05) is 24.5 Å². The molecule has 132 valence electrons. The van der Waals surface area contributed by atoms with E-state index in [2.05, 4.69) is 5.32 Å². The Morgan fingerprint density at radius 3 is 2.24 bits per heavy atom. The van der Waals surface area contributed by atoms with Gasteiger partial charge in [-0.05, 0) is 30.2 Å². The van der Waals surface area contributed by atoms with E-state index in [-0.39, 0.29) is 11.5 Å². The van der Waals surface area contributed by atoms with Crippen LogP contribution in [0.3, 0.4) is 0 Å². The fourth-order valence-corrected chi connectivity index (χ4v) is 1.98. The number of nitrogens with zero attached hydrogens (tertiary/aromatic N) is 2. The van der Waals surface area contributed by atoms with Gasteiger partial charge in [0.1, 0.15) is 17.7 Å². The van der Waals surface area contributed by atoms with Gasteiger partial charge in [0.25, 0.3) is 5.91 Å². The van der Waals surface area contributed by atoms with Crippen LogP contribution >= 0.6 is 0 Å². The molecule has 1 atom stereocenters. The minimum Gasteiger partial charge on any atom is -0.480 e. The van der Waals surface area contributed by atoms with Crippen molar-refractivity contribution in [2.75, 3.05) is 10.6 Å². The summed E-state index contributed by atoms with van der Waals surface area (Å²) in [5.74, 6) is -2.88. The molecule has 0 fully saturated rings. The summed E-state index contributed by atoms with van der Waals surface area (Å²) in [6.45, 7) is 4.53. The van der Waals surface area contributed by atoms with Crippen molar-refractivity contribution in [2.45, 2.75) is 26.8 Å². The molecule has 8 heteroatoms. The molecule has 1 rings (SSSR count). The Labute approximate surface area is 145 Å². The molecule has 0 heterocycles. The van der Waals surface area contributed by atoms with Gasteiger partial charge in [-0.2, -0.15) is 5.26 Å². The molecule has 25 heavy (non-hydrogen) atoms. The maximum Gasteiger partial charge on any atom is 0.326 e. The number of hydrogen-bond donors (Lipinski definition) is 3. The average Bonchev–Trinajstić information content (AvgIpc) is 2.53. The molecule has 0 radical (unpaired) electrons. The topological polar surface area (TPSA) is 137 Å². The summed E-state index contributed by atoms with van der Waals surface area (Å²) in [6, 6.07) is 6.82. The van der Waals surface area contributed by atoms with Crippen molar-refractivity contribution in [1.29, 1.82) is 5.26 Å². The number of nitrogen functional groups attached to an aromatic ring is 1. The highest BCUT2D eigenvalue weighted by Crippen LogP contribution is 2.18. The lowest BCUT2D eigenvalue weighted by molar-refractivity contribution is -0.142. The Morgan fingerprint density at radius 1 is 1.28 bits per heavy atom. The second-order valence-electron chi connectivity index (χ2n) is 5.67. The third-order valence-corrected chi connectivity index (χ3v) is 3.35. The van der Waals surface area contributed by atoms with Crippen LogP contribution in [-0.4, -0.2) is 28.9 Å². The highest BCUT2D eigenvalue weighted by atomic mass is 16.4. The molecular weight excluding hydrogens is 324 g/mol. The van der Waals surface area contributed by atoms with E-state index in [0.717, 1.165) is 11.1 Å². The molecule has 8 nitrogen and oxygen atoms in total. The molecular formula is C17H20N4O4. The van der Waals surface area contributed by atoms with Crippen LogP contribution in [0.5, 0.6) is 0 Å². The molecule has 2 amide bonds. The molecule has 0 saturated carbocycles. The Hall–Kier alpha value is -3.34. The molecule has 1 unspecified atom stereocenters. The van der Waals surface area contributed by atoms with E-state index in [1.165, 1.54) is 6.92 Å². The van der Waals surface area contributed by atoms with Crippen molar-refractivity contribution in [2.24, 2.45) is 5.92 Å². The number of carbonyl (C=O) groups is 3. The van der Waals surface area contributed by atoms with Crippen LogP contribution in [0.2, 0.25) is 0 Å². The van der Waals surface area contributed by atoms with Crippen molar-refractivity contribution in [3.05, 3.63) is 36.0 Å². The molecule has 0 spiro atoms. The van der Waals surface area contributed by atoms with Gasteiger partial charge in [-0.15, -0.1) is 0 Å². The lowest BCUT2D eigenvalue weighted by Gasteiger charge is -2.19. The minimum atomic E-state index is -1.21. The first kappa shape index (κ1) is 19.7. The average molecular weight is 344 g/mol. The predicted octanol–water partition coefficient (Wildman–Crippen LogP) is 1.25. The number of amides is 2. The van der Waals surface area contributed by atoms with Gasteiger partial charge in [-0.3, -0.25) is 14.5 Å². The van der Waals surface area contributed by atoms with Gasteiger partial charge in [0.15, 0.2) is 0 Å². The fourth-order valence-electron chi connectivity index (χ4n) is 1.98. The Balaban J connectivity index is 3.14. The smallest absolute Gasteiger partial charge is 0.326 e. The van der Waals surface area contributed by atoms with Crippen LogP contribution in [0.1, 0.15) is 20.8 Å². The molecule has 0 saturated heterocycles. The molecule has 1 aromatic rings. The van der Waals surface area contributed by atoms with E-state index in [9.17, 15) is 19.6 Å². The number of carboxylic acids is 1. The molecule has 1 aromatic carbocycles. The number of nitriles is 1. The number of nitrogens with one attached hydrogen (secondary N) is 1. The van der Waals surface area contributed by atoms with Crippen LogP contribution < -0.4 is 16.0 Å². The summed E-state index contributed by atoms with van der Waals surface area (Å²) >= 11 is 0. The molecule has 0 aliphatic heterocycles. The summed E-state index contributed by atoms with van der Waals surface area (Å²) in [5, 5.41) is 20.6. The highest BCUT2D eigenvalue weighted by Gasteiger charge is 2.25. The Bertz CT molecular complexity index is 732. The number of carboxylic acid groups (broad SMARTS) is 1. The van der Waals surface area contributed by atoms with E-state index in [0.29, 0.717) is 11.4 Å².